The van der Waals surface area contributed by atoms with Crippen LogP contribution in [0.5, 0.6) is 0 Å². The Morgan fingerprint density at radius 2 is 1.00 bits per heavy atom. The Hall–Kier alpha value is -2.64. The number of esters is 2. The van der Waals surface area contributed by atoms with Crippen LogP contribution in [0.25, 0.3) is 0 Å². The molecule has 2 atom stereocenters. The van der Waals surface area contributed by atoms with E-state index in [1.165, 1.54) is 14.2 Å². The van der Waals surface area contributed by atoms with Crippen LogP contribution in [0, 0.1) is 11.8 Å². The number of carbonyl (C=O) groups is 4. The summed E-state index contributed by atoms with van der Waals surface area (Å²) in [6, 6.07) is 13.2. The standard InChI is InChI=1S/C28H36N2O6Se2/c1-17(2)15-21(27(33)35-5)29-25(31)19-11-7-9-13-23(19)37-38-24-14-10-8-12-20(24)26(32)30-22(16-18(3)4)28(34)36-6/h7-14,17-18,21-22H,15-16H2,1-6H3,(H,29,31)(H,30,32)/t21-,22-/m0/s1. The summed E-state index contributed by atoms with van der Waals surface area (Å²) in [5.41, 5.74) is 1.02. The van der Waals surface area contributed by atoms with Crippen LogP contribution < -0.4 is 19.6 Å². The van der Waals surface area contributed by atoms with Crippen LogP contribution in [0.4, 0.5) is 0 Å². The molecule has 8 nitrogen and oxygen atoms in total. The Morgan fingerprint density at radius 3 is 1.32 bits per heavy atom. The van der Waals surface area contributed by atoms with E-state index in [0.717, 1.165) is 8.92 Å². The SMILES string of the molecule is COC(=O)[C@H](CC(C)C)NC(=O)c1ccccc1[Se][Se]c1ccccc1C(=O)N[C@@H](CC(C)C)C(=O)OC. The molecule has 0 heterocycles. The molecule has 2 rings (SSSR count). The molecule has 0 unspecified atom stereocenters. The molecule has 0 fully saturated rings. The quantitative estimate of drug-likeness (QED) is 0.251. The van der Waals surface area contributed by atoms with Gasteiger partial charge in [-0.15, -0.1) is 0 Å². The fraction of sp³-hybridized carbons (Fsp3) is 0.429. The number of ether oxygens (including phenoxy) is 2. The van der Waals surface area contributed by atoms with E-state index in [0.29, 0.717) is 24.0 Å². The van der Waals surface area contributed by atoms with Crippen molar-refractivity contribution in [3.05, 3.63) is 59.7 Å². The fourth-order valence-electron chi connectivity index (χ4n) is 3.67. The van der Waals surface area contributed by atoms with E-state index in [4.69, 9.17) is 9.47 Å². The van der Waals surface area contributed by atoms with E-state index in [9.17, 15) is 19.2 Å². The number of methoxy groups -OCH3 is 2. The van der Waals surface area contributed by atoms with Crippen LogP contribution in [-0.4, -0.2) is 76.3 Å². The summed E-state index contributed by atoms with van der Waals surface area (Å²) in [6.45, 7) is 7.91. The first kappa shape index (κ1) is 31.6. The number of hydrogen-bond acceptors (Lipinski definition) is 6. The van der Waals surface area contributed by atoms with E-state index in [-0.39, 0.29) is 49.9 Å². The summed E-state index contributed by atoms with van der Waals surface area (Å²) in [4.78, 5) is 50.7. The minimum atomic E-state index is -0.725. The summed E-state index contributed by atoms with van der Waals surface area (Å²) in [5, 5.41) is 5.66. The number of carbonyl (C=O) groups excluding carboxylic acids is 4. The van der Waals surface area contributed by atoms with Gasteiger partial charge in [0, 0.05) is 0 Å². The molecule has 2 amide bonds. The van der Waals surface area contributed by atoms with Gasteiger partial charge in [0.05, 0.1) is 0 Å². The molecule has 0 aliphatic carbocycles. The van der Waals surface area contributed by atoms with Gasteiger partial charge in [0.25, 0.3) is 0 Å². The van der Waals surface area contributed by atoms with Gasteiger partial charge in [-0.2, -0.15) is 0 Å². The van der Waals surface area contributed by atoms with Crippen LogP contribution in [0.15, 0.2) is 48.5 Å². The van der Waals surface area contributed by atoms with Crippen molar-refractivity contribution in [3.63, 3.8) is 0 Å². The molecular weight excluding hydrogens is 618 g/mol. The number of rotatable bonds is 13. The third-order valence-corrected chi connectivity index (χ3v) is 12.7. The third kappa shape index (κ3) is 9.59. The van der Waals surface area contributed by atoms with Gasteiger partial charge in [0.1, 0.15) is 0 Å². The average Bonchev–Trinajstić information content (AvgIpc) is 2.89. The Bertz CT molecular complexity index is 1030. The predicted octanol–water partition coefficient (Wildman–Crippen LogP) is 1.60. The Balaban J connectivity index is 2.21. The summed E-state index contributed by atoms with van der Waals surface area (Å²) in [5.74, 6) is -1.19. The van der Waals surface area contributed by atoms with Crippen LogP contribution in [-0.2, 0) is 19.1 Å². The molecule has 0 aliphatic heterocycles. The number of benzene rings is 2. The first-order valence-corrected chi connectivity index (χ1v) is 18.4. The second-order valence-corrected chi connectivity index (χ2v) is 15.7. The van der Waals surface area contributed by atoms with Gasteiger partial charge in [-0.25, -0.2) is 0 Å². The molecule has 0 spiro atoms. The number of hydrogen-bond donors (Lipinski definition) is 2. The van der Waals surface area contributed by atoms with E-state index < -0.39 is 24.0 Å². The zero-order valence-corrected chi connectivity index (χ0v) is 26.0. The van der Waals surface area contributed by atoms with Crippen LogP contribution in [0.2, 0.25) is 0 Å². The Labute approximate surface area is 235 Å². The van der Waals surface area contributed by atoms with Crippen molar-refractivity contribution in [3.8, 4) is 0 Å². The van der Waals surface area contributed by atoms with Gasteiger partial charge in [-0.3, -0.25) is 0 Å². The van der Waals surface area contributed by atoms with E-state index in [1.807, 2.05) is 52.0 Å². The van der Waals surface area contributed by atoms with E-state index in [1.54, 1.807) is 24.3 Å². The molecule has 38 heavy (non-hydrogen) atoms. The Morgan fingerprint density at radius 1 is 0.658 bits per heavy atom. The second-order valence-electron chi connectivity index (χ2n) is 9.52. The minimum absolute atomic E-state index is 0.129. The van der Waals surface area contributed by atoms with E-state index in [2.05, 4.69) is 10.6 Å². The predicted molar refractivity (Wildman–Crippen MR) is 149 cm³/mol. The van der Waals surface area contributed by atoms with Crippen molar-refractivity contribution >= 4 is 58.9 Å². The maximum atomic E-state index is 13.2. The van der Waals surface area contributed by atoms with Gasteiger partial charge in [-0.1, -0.05) is 0 Å². The topological polar surface area (TPSA) is 111 Å². The molecule has 206 valence electrons. The zero-order chi connectivity index (χ0) is 28.2. The monoisotopic (exact) mass is 656 g/mol. The molecular formula is C28H36N2O6Se2. The van der Waals surface area contributed by atoms with Gasteiger partial charge < -0.3 is 0 Å². The van der Waals surface area contributed by atoms with E-state index >= 15 is 0 Å². The summed E-state index contributed by atoms with van der Waals surface area (Å²) < 4.78 is 11.5. The fourth-order valence-corrected chi connectivity index (χ4v) is 10.8. The average molecular weight is 655 g/mol. The first-order valence-electron chi connectivity index (χ1n) is 12.4. The second kappa shape index (κ2) is 15.7. The van der Waals surface area contributed by atoms with Crippen LogP contribution in [0.1, 0.15) is 61.3 Å². The summed E-state index contributed by atoms with van der Waals surface area (Å²) >= 11 is -0.258. The molecule has 2 aromatic carbocycles. The molecule has 2 N–H and O–H groups in total. The normalized spacial score (nSPS) is 12.5. The molecule has 0 bridgehead atoms. The zero-order valence-electron chi connectivity index (χ0n) is 22.6. The van der Waals surface area contributed by atoms with Gasteiger partial charge in [-0.05, 0) is 0 Å². The maximum absolute atomic E-state index is 13.2. The molecule has 10 heteroatoms. The van der Waals surface area contributed by atoms with Crippen molar-refractivity contribution in [1.29, 1.82) is 0 Å². The van der Waals surface area contributed by atoms with Gasteiger partial charge in [0.2, 0.25) is 0 Å². The molecule has 0 saturated carbocycles. The van der Waals surface area contributed by atoms with Crippen LogP contribution >= 0.6 is 0 Å². The van der Waals surface area contributed by atoms with Gasteiger partial charge in [0.15, 0.2) is 0 Å². The van der Waals surface area contributed by atoms with Crippen molar-refractivity contribution in [1.82, 2.24) is 10.6 Å². The molecule has 0 radical (unpaired) electrons. The third-order valence-electron chi connectivity index (χ3n) is 5.48. The van der Waals surface area contributed by atoms with Crippen molar-refractivity contribution < 1.29 is 28.7 Å². The summed E-state index contributed by atoms with van der Waals surface area (Å²) in [6.07, 6.45) is 0.947. The molecule has 0 aromatic heterocycles. The Kier molecular flexibility index (Phi) is 13.0. The van der Waals surface area contributed by atoms with Crippen LogP contribution in [0.3, 0.4) is 0 Å². The van der Waals surface area contributed by atoms with Crippen molar-refractivity contribution in [2.45, 2.75) is 52.6 Å². The summed E-state index contributed by atoms with van der Waals surface area (Å²) in [7, 11) is 2.62. The van der Waals surface area contributed by atoms with Gasteiger partial charge >= 0.3 is 237 Å². The number of nitrogens with one attached hydrogen (secondary N) is 2. The van der Waals surface area contributed by atoms with Crippen molar-refractivity contribution in [2.75, 3.05) is 14.2 Å². The van der Waals surface area contributed by atoms with Crippen molar-refractivity contribution in [2.24, 2.45) is 11.8 Å². The first-order chi connectivity index (χ1) is 18.1. The number of amides is 2. The molecule has 0 saturated heterocycles. The molecule has 0 aliphatic rings. The molecule has 2 aromatic rings.